The Kier molecular flexibility index (Phi) is 3.59. The predicted molar refractivity (Wildman–Crippen MR) is 73.5 cm³/mol. The second kappa shape index (κ2) is 5.16. The number of nitrogens with zero attached hydrogens (tertiary/aromatic N) is 1. The quantitative estimate of drug-likeness (QED) is 0.790. The lowest BCUT2D eigenvalue weighted by atomic mass is 10.0. The van der Waals surface area contributed by atoms with Gasteiger partial charge in [-0.15, -0.1) is 0 Å². The van der Waals surface area contributed by atoms with Gasteiger partial charge in [0.2, 0.25) is 0 Å². The summed E-state index contributed by atoms with van der Waals surface area (Å²) in [5.41, 5.74) is 2.82. The summed E-state index contributed by atoms with van der Waals surface area (Å²) in [6, 6.07) is 14.2. The molecular weight excluding hydrogens is 290 g/mol. The Morgan fingerprint density at radius 1 is 1.11 bits per heavy atom. The minimum Gasteiger partial charge on any atom is -0.289 e. The number of rotatable bonds is 2. The van der Waals surface area contributed by atoms with Gasteiger partial charge in [-0.2, -0.15) is 5.26 Å². The average Bonchev–Trinajstić information content (AvgIpc) is 2.41. The van der Waals surface area contributed by atoms with Gasteiger partial charge in [-0.05, 0) is 55.0 Å². The van der Waals surface area contributed by atoms with Gasteiger partial charge in [-0.1, -0.05) is 15.9 Å². The van der Waals surface area contributed by atoms with Crippen LogP contribution in [0.2, 0.25) is 0 Å². The molecule has 0 saturated carbocycles. The van der Waals surface area contributed by atoms with Crippen LogP contribution in [0.3, 0.4) is 0 Å². The third kappa shape index (κ3) is 2.49. The molecule has 0 aliphatic carbocycles. The van der Waals surface area contributed by atoms with Crippen LogP contribution in [-0.4, -0.2) is 5.78 Å². The zero-order valence-corrected chi connectivity index (χ0v) is 11.4. The highest BCUT2D eigenvalue weighted by Gasteiger charge is 2.09. The maximum Gasteiger partial charge on any atom is 0.193 e. The van der Waals surface area contributed by atoms with E-state index in [1.54, 1.807) is 30.3 Å². The van der Waals surface area contributed by atoms with Gasteiger partial charge in [0.05, 0.1) is 11.6 Å². The summed E-state index contributed by atoms with van der Waals surface area (Å²) < 4.78 is 0.985. The van der Waals surface area contributed by atoms with Gasteiger partial charge in [-0.3, -0.25) is 4.79 Å². The van der Waals surface area contributed by atoms with Crippen molar-refractivity contribution in [2.75, 3.05) is 0 Å². The van der Waals surface area contributed by atoms with Crippen LogP contribution in [0.1, 0.15) is 27.0 Å². The number of carbonyl (C=O) groups excluding carboxylic acids is 1. The fourth-order valence-corrected chi connectivity index (χ4v) is 1.90. The molecule has 0 bridgehead atoms. The number of ketones is 1. The van der Waals surface area contributed by atoms with Gasteiger partial charge in [-0.25, -0.2) is 0 Å². The number of benzene rings is 2. The Morgan fingerprint density at radius 3 is 2.28 bits per heavy atom. The maximum absolute atomic E-state index is 12.2. The molecule has 0 N–H and O–H groups in total. The highest BCUT2D eigenvalue weighted by molar-refractivity contribution is 9.10. The molecule has 0 spiro atoms. The molecule has 88 valence electrons. The highest BCUT2D eigenvalue weighted by atomic mass is 79.9. The van der Waals surface area contributed by atoms with E-state index < -0.39 is 0 Å². The van der Waals surface area contributed by atoms with Crippen molar-refractivity contribution in [1.29, 1.82) is 5.26 Å². The standard InChI is InChI=1S/C15H10BrNO/c1-10-8-13(6-7-14(10)16)15(18)12-4-2-11(9-17)3-5-12/h2-8H,1H3. The SMILES string of the molecule is Cc1cc(C(=O)c2ccc(C#N)cc2)ccc1Br. The lowest BCUT2D eigenvalue weighted by Crippen LogP contribution is -2.01. The minimum atomic E-state index is -0.0323. The van der Waals surface area contributed by atoms with E-state index in [-0.39, 0.29) is 5.78 Å². The lowest BCUT2D eigenvalue weighted by molar-refractivity contribution is 0.103. The van der Waals surface area contributed by atoms with Crippen molar-refractivity contribution in [3.8, 4) is 6.07 Å². The summed E-state index contributed by atoms with van der Waals surface area (Å²) in [6.07, 6.45) is 0. The summed E-state index contributed by atoms with van der Waals surface area (Å²) in [5, 5.41) is 8.71. The summed E-state index contributed by atoms with van der Waals surface area (Å²) >= 11 is 3.41. The van der Waals surface area contributed by atoms with Crippen LogP contribution in [0.15, 0.2) is 46.9 Å². The molecule has 0 aromatic heterocycles. The van der Waals surface area contributed by atoms with Crippen molar-refractivity contribution in [2.45, 2.75) is 6.92 Å². The normalized spacial score (nSPS) is 9.83. The number of halogens is 1. The Bertz CT molecular complexity index is 639. The van der Waals surface area contributed by atoms with Gasteiger partial charge in [0.15, 0.2) is 5.78 Å². The monoisotopic (exact) mass is 299 g/mol. The summed E-state index contributed by atoms with van der Waals surface area (Å²) in [7, 11) is 0. The lowest BCUT2D eigenvalue weighted by Gasteiger charge is -2.04. The molecule has 0 amide bonds. The van der Waals surface area contributed by atoms with Gasteiger partial charge in [0.1, 0.15) is 0 Å². The Hall–Kier alpha value is -1.92. The number of hydrogen-bond donors (Lipinski definition) is 0. The van der Waals surface area contributed by atoms with E-state index in [1.807, 2.05) is 25.1 Å². The van der Waals surface area contributed by atoms with E-state index in [0.717, 1.165) is 10.0 Å². The number of carbonyl (C=O) groups is 1. The second-order valence-corrected chi connectivity index (χ2v) is 4.84. The summed E-state index contributed by atoms with van der Waals surface area (Å²) in [4.78, 5) is 12.2. The second-order valence-electron chi connectivity index (χ2n) is 3.98. The van der Waals surface area contributed by atoms with Gasteiger partial charge in [0, 0.05) is 15.6 Å². The molecule has 18 heavy (non-hydrogen) atoms. The van der Waals surface area contributed by atoms with E-state index in [4.69, 9.17) is 5.26 Å². The topological polar surface area (TPSA) is 40.9 Å². The molecule has 0 unspecified atom stereocenters. The largest absolute Gasteiger partial charge is 0.289 e. The van der Waals surface area contributed by atoms with Crippen molar-refractivity contribution in [3.63, 3.8) is 0 Å². The first-order valence-corrected chi connectivity index (χ1v) is 6.22. The van der Waals surface area contributed by atoms with E-state index in [1.165, 1.54) is 0 Å². The van der Waals surface area contributed by atoms with Gasteiger partial charge in [0.25, 0.3) is 0 Å². The maximum atomic E-state index is 12.2. The van der Waals surface area contributed by atoms with Crippen molar-refractivity contribution < 1.29 is 4.79 Å². The van der Waals surface area contributed by atoms with Crippen LogP contribution in [0.5, 0.6) is 0 Å². The summed E-state index contributed by atoms with van der Waals surface area (Å²) in [5.74, 6) is -0.0323. The molecule has 2 aromatic rings. The van der Waals surface area contributed by atoms with Crippen LogP contribution in [0, 0.1) is 18.3 Å². The first kappa shape index (κ1) is 12.5. The summed E-state index contributed by atoms with van der Waals surface area (Å²) in [6.45, 7) is 1.94. The first-order valence-electron chi connectivity index (χ1n) is 5.43. The molecule has 2 nitrogen and oxygen atoms in total. The third-order valence-corrected chi connectivity index (χ3v) is 3.59. The Balaban J connectivity index is 2.35. The number of hydrogen-bond acceptors (Lipinski definition) is 2. The highest BCUT2D eigenvalue weighted by Crippen LogP contribution is 2.19. The smallest absolute Gasteiger partial charge is 0.193 e. The molecule has 0 radical (unpaired) electrons. The van der Waals surface area contributed by atoms with Crippen molar-refractivity contribution in [2.24, 2.45) is 0 Å². The van der Waals surface area contributed by atoms with Crippen LogP contribution < -0.4 is 0 Å². The van der Waals surface area contributed by atoms with E-state index in [2.05, 4.69) is 15.9 Å². The molecule has 0 saturated heterocycles. The molecule has 3 heteroatoms. The molecule has 2 rings (SSSR count). The van der Waals surface area contributed by atoms with Crippen LogP contribution >= 0.6 is 15.9 Å². The minimum absolute atomic E-state index is 0.0323. The van der Waals surface area contributed by atoms with Gasteiger partial charge >= 0.3 is 0 Å². The van der Waals surface area contributed by atoms with E-state index in [9.17, 15) is 4.79 Å². The molecule has 0 aliphatic heterocycles. The Labute approximate surface area is 114 Å². The average molecular weight is 300 g/mol. The number of aryl methyl sites for hydroxylation is 1. The Morgan fingerprint density at radius 2 is 1.72 bits per heavy atom. The zero-order chi connectivity index (χ0) is 13.1. The molecule has 0 fully saturated rings. The van der Waals surface area contributed by atoms with Crippen LogP contribution in [0.4, 0.5) is 0 Å². The fourth-order valence-electron chi connectivity index (χ4n) is 1.65. The zero-order valence-electron chi connectivity index (χ0n) is 9.77. The van der Waals surface area contributed by atoms with Crippen molar-refractivity contribution >= 4 is 21.7 Å². The predicted octanol–water partition coefficient (Wildman–Crippen LogP) is 3.86. The van der Waals surface area contributed by atoms with Crippen LogP contribution in [-0.2, 0) is 0 Å². The van der Waals surface area contributed by atoms with Crippen LogP contribution in [0.25, 0.3) is 0 Å². The third-order valence-electron chi connectivity index (χ3n) is 2.70. The van der Waals surface area contributed by atoms with Gasteiger partial charge < -0.3 is 0 Å². The molecule has 2 aromatic carbocycles. The van der Waals surface area contributed by atoms with E-state index >= 15 is 0 Å². The number of nitriles is 1. The fraction of sp³-hybridized carbons (Fsp3) is 0.0667. The molecule has 0 aliphatic rings. The van der Waals surface area contributed by atoms with E-state index in [0.29, 0.717) is 16.7 Å². The molecule has 0 atom stereocenters. The van der Waals surface area contributed by atoms with Crippen molar-refractivity contribution in [1.82, 2.24) is 0 Å². The molecular formula is C15H10BrNO. The molecule has 0 heterocycles. The van der Waals surface area contributed by atoms with Crippen molar-refractivity contribution in [3.05, 3.63) is 69.2 Å². The first-order chi connectivity index (χ1) is 8.61.